The molecule has 0 aliphatic rings. The highest BCUT2D eigenvalue weighted by atomic mass is 35.5. The molecule has 144 valence electrons. The number of rotatable bonds is 6. The molecule has 0 spiro atoms. The number of halogens is 1. The van der Waals surface area contributed by atoms with Crippen molar-refractivity contribution in [2.24, 2.45) is 0 Å². The molecule has 0 aliphatic carbocycles. The minimum Gasteiger partial charge on any atom is -0.387 e. The van der Waals surface area contributed by atoms with Crippen LogP contribution in [0.4, 0.5) is 5.69 Å². The molecule has 1 unspecified atom stereocenters. The maximum Gasteiger partial charge on any atom is 0.272 e. The first kappa shape index (κ1) is 18.2. The third-order valence-corrected chi connectivity index (χ3v) is 4.31. The number of aliphatic hydroxyl groups is 1. The van der Waals surface area contributed by atoms with Gasteiger partial charge in [0.25, 0.3) is 5.91 Å². The van der Waals surface area contributed by atoms with Crippen molar-refractivity contribution in [3.05, 3.63) is 64.4 Å². The number of aromatic amines is 1. The fourth-order valence-corrected chi connectivity index (χ4v) is 2.79. The van der Waals surface area contributed by atoms with E-state index in [0.29, 0.717) is 22.1 Å². The lowest BCUT2D eigenvalue weighted by Gasteiger charge is -2.13. The first-order valence-electron chi connectivity index (χ1n) is 8.95. The van der Waals surface area contributed by atoms with Gasteiger partial charge in [-0.05, 0) is 32.0 Å². The predicted molar refractivity (Wildman–Crippen MR) is 105 cm³/mol. The van der Waals surface area contributed by atoms with Gasteiger partial charge in [-0.1, -0.05) is 23.7 Å². The van der Waals surface area contributed by atoms with Crippen LogP contribution in [0, 0.1) is 6.57 Å². The Bertz CT molecular complexity index is 1080. The van der Waals surface area contributed by atoms with E-state index < -0.39 is 18.0 Å². The van der Waals surface area contributed by atoms with E-state index in [-0.39, 0.29) is 12.2 Å². The highest BCUT2D eigenvalue weighted by Crippen LogP contribution is 2.29. The van der Waals surface area contributed by atoms with Crippen molar-refractivity contribution >= 4 is 23.2 Å². The number of hydrogen-bond donors (Lipinski definition) is 3. The van der Waals surface area contributed by atoms with E-state index in [1.807, 2.05) is 0 Å². The van der Waals surface area contributed by atoms with Gasteiger partial charge in [-0.15, -0.1) is 0 Å². The second-order valence-corrected chi connectivity index (χ2v) is 6.70. The summed E-state index contributed by atoms with van der Waals surface area (Å²) in [6.45, 7) is 10.3. The molecule has 3 N–H and O–H groups in total. The molecule has 0 fully saturated rings. The van der Waals surface area contributed by atoms with Crippen LogP contribution in [-0.2, 0) is 6.54 Å². The van der Waals surface area contributed by atoms with E-state index in [2.05, 4.69) is 25.5 Å². The van der Waals surface area contributed by atoms with E-state index >= 15 is 0 Å². The van der Waals surface area contributed by atoms with Crippen LogP contribution in [0.3, 0.4) is 0 Å². The molecule has 0 aliphatic heterocycles. The number of H-pyrrole nitrogens is 1. The van der Waals surface area contributed by atoms with Crippen LogP contribution >= 0.6 is 11.6 Å². The number of amides is 1. The molecule has 2 heterocycles. The van der Waals surface area contributed by atoms with Gasteiger partial charge in [0, 0.05) is 22.8 Å². The summed E-state index contributed by atoms with van der Waals surface area (Å²) in [6, 6.07) is 6.91. The number of hydrogen-bond acceptors (Lipinski definition) is 4. The van der Waals surface area contributed by atoms with E-state index in [1.54, 1.807) is 49.0 Å². The van der Waals surface area contributed by atoms with Crippen molar-refractivity contribution in [1.82, 2.24) is 25.3 Å². The zero-order chi connectivity index (χ0) is 21.2. The highest BCUT2D eigenvalue weighted by Gasteiger charge is 2.16. The number of nitrogens with zero attached hydrogens (tertiary/aromatic N) is 4. The molecule has 0 saturated heterocycles. The van der Waals surface area contributed by atoms with Crippen LogP contribution in [0.2, 0.25) is 5.02 Å². The summed E-state index contributed by atoms with van der Waals surface area (Å²) >= 11 is 6.08. The zero-order valence-corrected chi connectivity index (χ0v) is 16.0. The molecule has 1 amide bonds. The zero-order valence-electron chi connectivity index (χ0n) is 16.3. The fourth-order valence-electron chi connectivity index (χ4n) is 2.57. The van der Waals surface area contributed by atoms with Crippen molar-refractivity contribution in [1.29, 1.82) is 0 Å². The van der Waals surface area contributed by atoms with Crippen molar-refractivity contribution in [2.45, 2.75) is 32.5 Å². The van der Waals surface area contributed by atoms with Gasteiger partial charge in [-0.2, -0.15) is 10.2 Å². The van der Waals surface area contributed by atoms with E-state index in [4.69, 9.17) is 19.5 Å². The summed E-state index contributed by atoms with van der Waals surface area (Å²) < 4.78 is 9.95. The highest BCUT2D eigenvalue weighted by molar-refractivity contribution is 6.33. The first-order chi connectivity index (χ1) is 13.7. The minimum atomic E-state index is -1.35. The maximum atomic E-state index is 12.3. The Morgan fingerprint density at radius 2 is 2.25 bits per heavy atom. The van der Waals surface area contributed by atoms with Gasteiger partial charge < -0.3 is 10.4 Å². The molecular weight excluding hydrogens is 380 g/mol. The lowest BCUT2D eigenvalue weighted by atomic mass is 10.1. The Balaban J connectivity index is 1.70. The molecule has 0 radical (unpaired) electrons. The number of aliphatic hydroxyl groups excluding tert-OH is 1. The number of aromatic nitrogens is 4. The standard InChI is InChI=1S/C19H19ClN6O2/c1-11(22-19(28)18-9-17(12(2)27)23-24-18)10-26-7-6-15(25-26)13-4-5-16(21-3)14(20)8-13/h4-9,11-12,27H,10H2,1-2H3,(H,22,28)(H,23,24)/t11-,12?/m1/s1/i11D. The lowest BCUT2D eigenvalue weighted by Crippen LogP contribution is -2.36. The van der Waals surface area contributed by atoms with Gasteiger partial charge in [0.05, 0.1) is 32.0 Å². The van der Waals surface area contributed by atoms with Crippen LogP contribution in [0.25, 0.3) is 16.1 Å². The summed E-state index contributed by atoms with van der Waals surface area (Å²) in [6.07, 6.45) is 0.927. The molecule has 9 heteroatoms. The molecule has 28 heavy (non-hydrogen) atoms. The molecule has 1 aromatic carbocycles. The van der Waals surface area contributed by atoms with Gasteiger partial charge in [0.15, 0.2) is 0 Å². The topological polar surface area (TPSA) is 100 Å². The number of carbonyl (C=O) groups is 1. The largest absolute Gasteiger partial charge is 0.387 e. The number of nitrogens with one attached hydrogen (secondary N) is 2. The third-order valence-electron chi connectivity index (χ3n) is 4.01. The Morgan fingerprint density at radius 1 is 1.46 bits per heavy atom. The average molecular weight is 400 g/mol. The Kier molecular flexibility index (Phi) is 5.37. The molecule has 8 nitrogen and oxygen atoms in total. The summed E-state index contributed by atoms with van der Waals surface area (Å²) in [5, 5.41) is 23.3. The molecule has 3 aromatic rings. The lowest BCUT2D eigenvalue weighted by molar-refractivity contribution is 0.0931. The van der Waals surface area contributed by atoms with Gasteiger partial charge >= 0.3 is 0 Å². The second kappa shape index (κ2) is 8.25. The predicted octanol–water partition coefficient (Wildman–Crippen LogP) is 3.35. The average Bonchev–Trinajstić information content (AvgIpc) is 3.30. The Labute approximate surface area is 168 Å². The molecule has 3 rings (SSSR count). The van der Waals surface area contributed by atoms with Gasteiger partial charge in [-0.25, -0.2) is 4.85 Å². The van der Waals surface area contributed by atoms with Gasteiger partial charge in [-0.3, -0.25) is 14.6 Å². The van der Waals surface area contributed by atoms with Gasteiger partial charge in [0.1, 0.15) is 5.69 Å². The van der Waals surface area contributed by atoms with E-state index in [1.165, 1.54) is 6.07 Å². The van der Waals surface area contributed by atoms with Crippen LogP contribution in [0.15, 0.2) is 36.5 Å². The molecule has 0 saturated carbocycles. The van der Waals surface area contributed by atoms with Crippen LogP contribution in [0.5, 0.6) is 0 Å². The maximum absolute atomic E-state index is 12.3. The smallest absolute Gasteiger partial charge is 0.272 e. The van der Waals surface area contributed by atoms with Crippen LogP contribution < -0.4 is 5.32 Å². The van der Waals surface area contributed by atoms with Crippen molar-refractivity contribution in [3.8, 4) is 11.3 Å². The SMILES string of the molecule is [2H][C@@](C)(Cn1ccc(-c2ccc([N+]#[C-])c(Cl)c2)n1)NC(=O)c1cc(C(C)O)[nH]n1. The van der Waals surface area contributed by atoms with Crippen molar-refractivity contribution in [2.75, 3.05) is 0 Å². The first-order valence-corrected chi connectivity index (χ1v) is 8.83. The summed E-state index contributed by atoms with van der Waals surface area (Å²) in [5.41, 5.74) is 2.27. The summed E-state index contributed by atoms with van der Waals surface area (Å²) in [7, 11) is 0. The van der Waals surface area contributed by atoms with E-state index in [0.717, 1.165) is 5.56 Å². The second-order valence-electron chi connectivity index (χ2n) is 6.30. The normalized spacial score (nSPS) is 14.6. The fraction of sp³-hybridized carbons (Fsp3) is 0.263. The molecule has 2 aromatic heterocycles. The number of carbonyl (C=O) groups excluding carboxylic acids is 1. The number of benzene rings is 1. The summed E-state index contributed by atoms with van der Waals surface area (Å²) in [4.78, 5) is 15.7. The molecule has 2 atom stereocenters. The quantitative estimate of drug-likeness (QED) is 0.553. The van der Waals surface area contributed by atoms with Gasteiger partial charge in [0.2, 0.25) is 5.69 Å². The van der Waals surface area contributed by atoms with Crippen molar-refractivity contribution in [3.63, 3.8) is 0 Å². The molecular formula is C19H19ClN6O2. The van der Waals surface area contributed by atoms with Crippen LogP contribution in [0.1, 0.15) is 37.5 Å². The van der Waals surface area contributed by atoms with Crippen molar-refractivity contribution < 1.29 is 11.3 Å². The summed E-state index contributed by atoms with van der Waals surface area (Å²) in [5.74, 6) is -0.528. The Morgan fingerprint density at radius 3 is 2.89 bits per heavy atom. The monoisotopic (exact) mass is 399 g/mol. The van der Waals surface area contributed by atoms with Crippen LogP contribution in [-0.4, -0.2) is 37.0 Å². The molecule has 0 bridgehead atoms. The van der Waals surface area contributed by atoms with E-state index in [9.17, 15) is 9.90 Å². The minimum absolute atomic E-state index is 0.0927. The third kappa shape index (κ3) is 4.39. The Hall–Kier alpha value is -3.15.